The van der Waals surface area contributed by atoms with Gasteiger partial charge in [0.05, 0.1) is 23.0 Å². The normalized spacial score (nSPS) is 10.6. The molecule has 0 unspecified atom stereocenters. The number of hydrogen-bond donors (Lipinski definition) is 1. The second-order valence-corrected chi connectivity index (χ2v) is 4.39. The molecule has 0 aromatic carbocycles. The van der Waals surface area contributed by atoms with Crippen LogP contribution in [0, 0.1) is 0 Å². The van der Waals surface area contributed by atoms with Crippen molar-refractivity contribution in [2.75, 3.05) is 19.0 Å². The highest BCUT2D eigenvalue weighted by molar-refractivity contribution is 9.10. The van der Waals surface area contributed by atoms with Crippen LogP contribution in [0.2, 0.25) is 0 Å². The minimum Gasteiger partial charge on any atom is -0.461 e. The molecule has 0 saturated heterocycles. The standard InChI is InChI=1S/C12H14BrN3O2/c1-3-14-12-10(13)8(7-17-2)15-11(16-12)9-5-4-6-18-9/h4-6H,3,7H2,1-2H3,(H,14,15,16). The highest BCUT2D eigenvalue weighted by Gasteiger charge is 2.14. The zero-order valence-electron chi connectivity index (χ0n) is 10.2. The van der Waals surface area contributed by atoms with Crippen molar-refractivity contribution in [1.82, 2.24) is 9.97 Å². The van der Waals surface area contributed by atoms with E-state index < -0.39 is 0 Å². The number of rotatable bonds is 5. The van der Waals surface area contributed by atoms with E-state index in [1.165, 1.54) is 0 Å². The molecule has 0 radical (unpaired) electrons. The predicted molar refractivity (Wildman–Crippen MR) is 72.3 cm³/mol. The summed E-state index contributed by atoms with van der Waals surface area (Å²) in [6.45, 7) is 3.20. The molecule has 0 aliphatic carbocycles. The molecular weight excluding hydrogens is 298 g/mol. The Kier molecular flexibility index (Phi) is 4.33. The number of methoxy groups -OCH3 is 1. The van der Waals surface area contributed by atoms with Gasteiger partial charge >= 0.3 is 0 Å². The van der Waals surface area contributed by atoms with Crippen molar-refractivity contribution in [2.24, 2.45) is 0 Å². The van der Waals surface area contributed by atoms with Gasteiger partial charge in [-0.25, -0.2) is 9.97 Å². The lowest BCUT2D eigenvalue weighted by Gasteiger charge is -2.10. The summed E-state index contributed by atoms with van der Waals surface area (Å²) in [5, 5.41) is 3.18. The van der Waals surface area contributed by atoms with Crippen LogP contribution in [0.25, 0.3) is 11.6 Å². The number of nitrogens with zero attached hydrogens (tertiary/aromatic N) is 2. The maximum atomic E-state index is 5.32. The summed E-state index contributed by atoms with van der Waals surface area (Å²) in [5.41, 5.74) is 0.787. The van der Waals surface area contributed by atoms with Crippen molar-refractivity contribution in [2.45, 2.75) is 13.5 Å². The van der Waals surface area contributed by atoms with Crippen LogP contribution in [0.15, 0.2) is 27.3 Å². The molecule has 2 heterocycles. The minimum absolute atomic E-state index is 0.412. The molecular formula is C12H14BrN3O2. The molecule has 0 aliphatic heterocycles. The van der Waals surface area contributed by atoms with E-state index in [9.17, 15) is 0 Å². The smallest absolute Gasteiger partial charge is 0.198 e. The largest absolute Gasteiger partial charge is 0.461 e. The van der Waals surface area contributed by atoms with E-state index in [0.717, 1.165) is 22.5 Å². The van der Waals surface area contributed by atoms with Crippen LogP contribution in [0.3, 0.4) is 0 Å². The van der Waals surface area contributed by atoms with Gasteiger partial charge in [0.15, 0.2) is 11.6 Å². The van der Waals surface area contributed by atoms with Crippen molar-refractivity contribution in [3.63, 3.8) is 0 Å². The average molecular weight is 312 g/mol. The van der Waals surface area contributed by atoms with Crippen LogP contribution in [0.1, 0.15) is 12.6 Å². The lowest BCUT2D eigenvalue weighted by Crippen LogP contribution is -2.06. The fourth-order valence-electron chi connectivity index (χ4n) is 1.53. The second kappa shape index (κ2) is 5.97. The van der Waals surface area contributed by atoms with E-state index in [4.69, 9.17) is 9.15 Å². The topological polar surface area (TPSA) is 60.2 Å². The van der Waals surface area contributed by atoms with E-state index >= 15 is 0 Å². The van der Waals surface area contributed by atoms with Gasteiger partial charge in [-0.05, 0) is 35.0 Å². The van der Waals surface area contributed by atoms with Crippen molar-refractivity contribution in [1.29, 1.82) is 0 Å². The summed E-state index contributed by atoms with van der Waals surface area (Å²) in [4.78, 5) is 8.86. The molecule has 0 aliphatic rings. The SMILES string of the molecule is CCNc1nc(-c2ccco2)nc(COC)c1Br. The number of hydrogen-bond acceptors (Lipinski definition) is 5. The molecule has 0 fully saturated rings. The molecule has 6 heteroatoms. The summed E-state index contributed by atoms with van der Waals surface area (Å²) >= 11 is 3.48. The molecule has 0 atom stereocenters. The van der Waals surface area contributed by atoms with E-state index in [1.54, 1.807) is 13.4 Å². The quantitative estimate of drug-likeness (QED) is 0.919. The van der Waals surface area contributed by atoms with Crippen LogP contribution in [0.5, 0.6) is 0 Å². The Labute approximate surface area is 114 Å². The van der Waals surface area contributed by atoms with Gasteiger partial charge in [-0.1, -0.05) is 0 Å². The first-order valence-electron chi connectivity index (χ1n) is 5.59. The highest BCUT2D eigenvalue weighted by Crippen LogP contribution is 2.27. The number of nitrogens with one attached hydrogen (secondary N) is 1. The highest BCUT2D eigenvalue weighted by atomic mass is 79.9. The summed E-state index contributed by atoms with van der Waals surface area (Å²) in [7, 11) is 1.63. The van der Waals surface area contributed by atoms with Gasteiger partial charge < -0.3 is 14.5 Å². The monoisotopic (exact) mass is 311 g/mol. The Balaban J connectivity index is 2.47. The van der Waals surface area contributed by atoms with E-state index in [2.05, 4.69) is 31.2 Å². The first kappa shape index (κ1) is 13.0. The number of aromatic nitrogens is 2. The summed E-state index contributed by atoms with van der Waals surface area (Å²) in [6, 6.07) is 3.64. The average Bonchev–Trinajstić information content (AvgIpc) is 2.88. The van der Waals surface area contributed by atoms with Crippen LogP contribution in [0.4, 0.5) is 5.82 Å². The Bertz CT molecular complexity index is 487. The van der Waals surface area contributed by atoms with E-state index in [0.29, 0.717) is 18.2 Å². The molecule has 2 aromatic heterocycles. The lowest BCUT2D eigenvalue weighted by molar-refractivity contribution is 0.181. The van der Waals surface area contributed by atoms with Gasteiger partial charge in [0.1, 0.15) is 5.82 Å². The molecule has 5 nitrogen and oxygen atoms in total. The molecule has 1 N–H and O–H groups in total. The zero-order valence-corrected chi connectivity index (χ0v) is 11.8. The fourth-order valence-corrected chi connectivity index (χ4v) is 1.96. The Morgan fingerprint density at radius 1 is 1.44 bits per heavy atom. The maximum absolute atomic E-state index is 5.32. The number of ether oxygens (including phenoxy) is 1. The fraction of sp³-hybridized carbons (Fsp3) is 0.333. The molecule has 0 saturated carbocycles. The van der Waals surface area contributed by atoms with Crippen LogP contribution in [-0.4, -0.2) is 23.6 Å². The molecule has 2 aromatic rings. The van der Waals surface area contributed by atoms with Crippen LogP contribution >= 0.6 is 15.9 Å². The molecule has 0 amide bonds. The molecule has 0 spiro atoms. The maximum Gasteiger partial charge on any atom is 0.198 e. The number of halogens is 1. The number of anilines is 1. The summed E-state index contributed by atoms with van der Waals surface area (Å²) < 4.78 is 11.3. The Hall–Kier alpha value is -1.40. The van der Waals surface area contributed by atoms with Gasteiger partial charge in [-0.15, -0.1) is 0 Å². The van der Waals surface area contributed by atoms with Crippen molar-refractivity contribution < 1.29 is 9.15 Å². The predicted octanol–water partition coefficient (Wildman–Crippen LogP) is 3.08. The molecule has 0 bridgehead atoms. The van der Waals surface area contributed by atoms with Gasteiger partial charge in [-0.2, -0.15) is 0 Å². The van der Waals surface area contributed by atoms with Gasteiger partial charge in [0, 0.05) is 13.7 Å². The van der Waals surface area contributed by atoms with Crippen molar-refractivity contribution >= 4 is 21.7 Å². The lowest BCUT2D eigenvalue weighted by atomic mass is 10.3. The zero-order chi connectivity index (χ0) is 13.0. The van der Waals surface area contributed by atoms with Gasteiger partial charge in [0.25, 0.3) is 0 Å². The third-order valence-electron chi connectivity index (χ3n) is 2.29. The molecule has 2 rings (SSSR count). The van der Waals surface area contributed by atoms with Gasteiger partial charge in [-0.3, -0.25) is 0 Å². The first-order chi connectivity index (χ1) is 8.76. The third kappa shape index (κ3) is 2.70. The summed E-state index contributed by atoms with van der Waals surface area (Å²) in [6.07, 6.45) is 1.60. The summed E-state index contributed by atoms with van der Waals surface area (Å²) in [5.74, 6) is 1.93. The number of furan rings is 1. The molecule has 96 valence electrons. The first-order valence-corrected chi connectivity index (χ1v) is 6.38. The van der Waals surface area contributed by atoms with E-state index in [1.807, 2.05) is 19.1 Å². The minimum atomic E-state index is 0.412. The second-order valence-electron chi connectivity index (χ2n) is 3.60. The molecule has 18 heavy (non-hydrogen) atoms. The van der Waals surface area contributed by atoms with Crippen molar-refractivity contribution in [3.05, 3.63) is 28.6 Å². The Morgan fingerprint density at radius 2 is 2.28 bits per heavy atom. The third-order valence-corrected chi connectivity index (χ3v) is 3.12. The van der Waals surface area contributed by atoms with Gasteiger partial charge in [0.2, 0.25) is 0 Å². The van der Waals surface area contributed by atoms with Crippen LogP contribution in [-0.2, 0) is 11.3 Å². The Morgan fingerprint density at radius 3 is 2.89 bits per heavy atom. The van der Waals surface area contributed by atoms with Crippen molar-refractivity contribution in [3.8, 4) is 11.6 Å². The van der Waals surface area contributed by atoms with E-state index in [-0.39, 0.29) is 0 Å². The van der Waals surface area contributed by atoms with Crippen LogP contribution < -0.4 is 5.32 Å².